The number of ketones is 1. The van der Waals surface area contributed by atoms with Crippen LogP contribution in [0.5, 0.6) is 17.2 Å². The zero-order valence-corrected chi connectivity index (χ0v) is 19.3. The lowest BCUT2D eigenvalue weighted by Gasteiger charge is -2.13. The Hall–Kier alpha value is -4.33. The van der Waals surface area contributed by atoms with Crippen LogP contribution in [0.3, 0.4) is 0 Å². The molecule has 0 aliphatic rings. The first-order valence-corrected chi connectivity index (χ1v) is 11.1. The Morgan fingerprint density at radius 1 is 0.943 bits per heavy atom. The summed E-state index contributed by atoms with van der Waals surface area (Å²) in [5.41, 5.74) is 1.45. The van der Waals surface area contributed by atoms with Gasteiger partial charge in [0.2, 0.25) is 5.43 Å². The molecule has 0 aliphatic carbocycles. The second kappa shape index (κ2) is 9.89. The quantitative estimate of drug-likeness (QED) is 0.197. The number of hydrogen-bond acceptors (Lipinski definition) is 7. The van der Waals surface area contributed by atoms with Gasteiger partial charge in [-0.3, -0.25) is 9.59 Å². The van der Waals surface area contributed by atoms with E-state index in [4.69, 9.17) is 19.0 Å². The minimum atomic E-state index is -1.12. The Bertz CT molecular complexity index is 1500. The summed E-state index contributed by atoms with van der Waals surface area (Å²) in [7, 11) is 0. The molecule has 4 rings (SSSR count). The molecule has 0 fully saturated rings. The lowest BCUT2D eigenvalue weighted by molar-refractivity contribution is 0.0696. The maximum atomic E-state index is 12.8. The van der Waals surface area contributed by atoms with Gasteiger partial charge in [0, 0.05) is 18.6 Å². The molecule has 0 saturated carbocycles. The fraction of sp³-hybridized carbons (Fsp3) is 0.222. The van der Waals surface area contributed by atoms with Crippen molar-refractivity contribution >= 4 is 33.7 Å². The van der Waals surface area contributed by atoms with Gasteiger partial charge in [0.1, 0.15) is 28.4 Å². The highest BCUT2D eigenvalue weighted by Gasteiger charge is 2.14. The molecule has 0 unspecified atom stereocenters. The van der Waals surface area contributed by atoms with Gasteiger partial charge in [-0.05, 0) is 55.3 Å². The summed E-state index contributed by atoms with van der Waals surface area (Å²) < 4.78 is 17.4. The highest BCUT2D eigenvalue weighted by Crippen LogP contribution is 2.29. The molecule has 2 N–H and O–H groups in total. The number of aryl methyl sites for hydroxylation is 1. The Morgan fingerprint density at radius 3 is 2.43 bits per heavy atom. The topological polar surface area (TPSA) is 123 Å². The summed E-state index contributed by atoms with van der Waals surface area (Å²) >= 11 is 0. The molecule has 0 amide bonds. The van der Waals surface area contributed by atoms with Gasteiger partial charge in [0.15, 0.2) is 5.78 Å². The van der Waals surface area contributed by atoms with Gasteiger partial charge in [0.05, 0.1) is 35.1 Å². The van der Waals surface area contributed by atoms with Crippen molar-refractivity contribution in [2.75, 3.05) is 13.2 Å². The van der Waals surface area contributed by atoms with E-state index in [0.717, 1.165) is 5.56 Å². The van der Waals surface area contributed by atoms with Crippen molar-refractivity contribution in [3.8, 4) is 17.2 Å². The normalized spacial score (nSPS) is 11.0. The van der Waals surface area contributed by atoms with Gasteiger partial charge in [-0.15, -0.1) is 0 Å². The molecule has 0 aliphatic heterocycles. The summed E-state index contributed by atoms with van der Waals surface area (Å²) in [6.07, 6.45) is 1.21. The molecule has 0 saturated heterocycles. The zero-order valence-electron chi connectivity index (χ0n) is 19.3. The van der Waals surface area contributed by atoms with E-state index >= 15 is 0 Å². The number of phenolic OH excluding ortho intramolecular Hbond substituents is 1. The van der Waals surface area contributed by atoms with Crippen LogP contribution in [0.25, 0.3) is 21.9 Å². The first-order chi connectivity index (χ1) is 16.8. The molecule has 180 valence electrons. The summed E-state index contributed by atoms with van der Waals surface area (Å²) in [6, 6.07) is 12.1. The summed E-state index contributed by atoms with van der Waals surface area (Å²) in [5, 5.41) is 19.8. The fourth-order valence-electron chi connectivity index (χ4n) is 3.80. The second-order valence-corrected chi connectivity index (χ2v) is 8.04. The van der Waals surface area contributed by atoms with E-state index in [2.05, 4.69) is 0 Å². The van der Waals surface area contributed by atoms with Crippen LogP contribution in [0.2, 0.25) is 0 Å². The van der Waals surface area contributed by atoms with Crippen LogP contribution in [-0.4, -0.2) is 35.2 Å². The van der Waals surface area contributed by atoms with Crippen LogP contribution in [0.1, 0.15) is 46.5 Å². The number of fused-ring (bicyclic) bond motifs is 2. The van der Waals surface area contributed by atoms with E-state index in [1.807, 2.05) is 6.92 Å². The van der Waals surface area contributed by atoms with Gasteiger partial charge >= 0.3 is 5.97 Å². The SMILES string of the molecule is CCc1cc(C(C)=O)c(O)cc1OCCCOc1ccc2c(=O)c3cc(C(=O)O)ccc3oc2c1. The molecule has 0 bridgehead atoms. The molecule has 3 aromatic carbocycles. The fourth-order valence-corrected chi connectivity index (χ4v) is 3.80. The van der Waals surface area contributed by atoms with Crippen molar-refractivity contribution in [3.05, 3.63) is 75.4 Å². The molecule has 8 heteroatoms. The molecule has 8 nitrogen and oxygen atoms in total. The standard InChI is InChI=1S/C27H24O8/c1-3-16-11-20(15(2)28)22(29)14-24(16)34-10-4-9-33-18-6-7-19-25(13-18)35-23-8-5-17(27(31)32)12-21(23)26(19)30/h5-8,11-14,29H,3-4,9-10H2,1-2H3,(H,31,32). The highest BCUT2D eigenvalue weighted by atomic mass is 16.5. The number of ether oxygens (including phenoxy) is 2. The Balaban J connectivity index is 1.42. The van der Waals surface area contributed by atoms with Crippen LogP contribution in [0.4, 0.5) is 0 Å². The minimum absolute atomic E-state index is 0.0161. The number of aromatic carboxylic acids is 1. The molecule has 35 heavy (non-hydrogen) atoms. The first kappa shape index (κ1) is 23.8. The van der Waals surface area contributed by atoms with Crippen LogP contribution in [-0.2, 0) is 6.42 Å². The monoisotopic (exact) mass is 476 g/mol. The van der Waals surface area contributed by atoms with E-state index in [-0.39, 0.29) is 33.5 Å². The Morgan fingerprint density at radius 2 is 1.71 bits per heavy atom. The van der Waals surface area contributed by atoms with Crippen LogP contribution in [0.15, 0.2) is 57.7 Å². The largest absolute Gasteiger partial charge is 0.507 e. The first-order valence-electron chi connectivity index (χ1n) is 11.1. The van der Waals surface area contributed by atoms with Gasteiger partial charge in [-0.25, -0.2) is 4.79 Å². The zero-order chi connectivity index (χ0) is 25.1. The van der Waals surface area contributed by atoms with Crippen molar-refractivity contribution in [1.82, 2.24) is 0 Å². The van der Waals surface area contributed by atoms with Crippen molar-refractivity contribution in [3.63, 3.8) is 0 Å². The number of carbonyl (C=O) groups excluding carboxylic acids is 1. The third kappa shape index (κ3) is 4.96. The minimum Gasteiger partial charge on any atom is -0.507 e. The van der Waals surface area contributed by atoms with Crippen molar-refractivity contribution < 1.29 is 33.7 Å². The number of rotatable bonds is 9. The van der Waals surface area contributed by atoms with E-state index in [0.29, 0.717) is 54.1 Å². The molecule has 0 spiro atoms. The van der Waals surface area contributed by atoms with Crippen LogP contribution >= 0.6 is 0 Å². The van der Waals surface area contributed by atoms with E-state index in [1.165, 1.54) is 31.2 Å². The number of carboxylic acids is 1. The average molecular weight is 476 g/mol. The number of Topliss-reactive ketones (excluding diaryl/α,β-unsaturated/α-hetero) is 1. The summed E-state index contributed by atoms with van der Waals surface area (Å²) in [5.74, 6) is -0.387. The van der Waals surface area contributed by atoms with Crippen molar-refractivity contribution in [1.29, 1.82) is 0 Å². The molecule has 0 radical (unpaired) electrons. The predicted octanol–water partition coefficient (Wildman–Crippen LogP) is 4.96. The van der Waals surface area contributed by atoms with Gasteiger partial charge in [-0.2, -0.15) is 0 Å². The summed E-state index contributed by atoms with van der Waals surface area (Å²) in [4.78, 5) is 35.6. The van der Waals surface area contributed by atoms with Gasteiger partial charge in [-0.1, -0.05) is 6.92 Å². The number of phenols is 1. The molecular formula is C27H24O8. The lowest BCUT2D eigenvalue weighted by atomic mass is 10.0. The Kier molecular flexibility index (Phi) is 6.73. The van der Waals surface area contributed by atoms with E-state index in [9.17, 15) is 19.5 Å². The number of hydrogen-bond donors (Lipinski definition) is 2. The van der Waals surface area contributed by atoms with Crippen LogP contribution < -0.4 is 14.9 Å². The Labute approximate surface area is 200 Å². The maximum Gasteiger partial charge on any atom is 0.335 e. The second-order valence-electron chi connectivity index (χ2n) is 8.04. The van der Waals surface area contributed by atoms with Crippen molar-refractivity contribution in [2.24, 2.45) is 0 Å². The number of aromatic hydroxyl groups is 1. The van der Waals surface area contributed by atoms with Crippen molar-refractivity contribution in [2.45, 2.75) is 26.7 Å². The number of benzene rings is 3. The van der Waals surface area contributed by atoms with E-state index in [1.54, 1.807) is 24.3 Å². The smallest absolute Gasteiger partial charge is 0.335 e. The lowest BCUT2D eigenvalue weighted by Crippen LogP contribution is -2.07. The predicted molar refractivity (Wildman–Crippen MR) is 130 cm³/mol. The van der Waals surface area contributed by atoms with Gasteiger partial charge < -0.3 is 24.1 Å². The third-order valence-electron chi connectivity index (χ3n) is 5.64. The number of carbonyl (C=O) groups is 2. The number of carboxylic acid groups (broad SMARTS) is 1. The molecule has 0 atom stereocenters. The molecule has 1 aromatic heterocycles. The molecule has 1 heterocycles. The maximum absolute atomic E-state index is 12.8. The molecular weight excluding hydrogens is 452 g/mol. The highest BCUT2D eigenvalue weighted by molar-refractivity contribution is 5.97. The van der Waals surface area contributed by atoms with E-state index < -0.39 is 5.97 Å². The molecule has 4 aromatic rings. The average Bonchev–Trinajstić information content (AvgIpc) is 2.83. The van der Waals surface area contributed by atoms with Gasteiger partial charge in [0.25, 0.3) is 0 Å². The summed E-state index contributed by atoms with van der Waals surface area (Å²) in [6.45, 7) is 4.02. The van der Waals surface area contributed by atoms with Crippen LogP contribution in [0, 0.1) is 0 Å². The third-order valence-corrected chi connectivity index (χ3v) is 5.64.